The predicted octanol–water partition coefficient (Wildman–Crippen LogP) is 4.80. The second-order valence-corrected chi connectivity index (χ2v) is 7.05. The monoisotopic (exact) mass is 414 g/mol. The molecule has 3 aromatic rings. The average molecular weight is 415 g/mol. The number of phenols is 1. The predicted molar refractivity (Wildman–Crippen MR) is 105 cm³/mol. The van der Waals surface area contributed by atoms with Crippen LogP contribution in [0.5, 0.6) is 5.75 Å². The number of carbonyl (C=O) groups excluding carboxylic acids is 3. The summed E-state index contributed by atoms with van der Waals surface area (Å²) in [5, 5.41) is 11.3. The highest BCUT2D eigenvalue weighted by atomic mass is 35.5. The molecule has 4 rings (SSSR count). The molecule has 0 fully saturated rings. The Labute approximate surface area is 169 Å². The zero-order chi connectivity index (χ0) is 20.2. The van der Waals surface area contributed by atoms with E-state index in [4.69, 9.17) is 27.9 Å². The van der Waals surface area contributed by atoms with Gasteiger partial charge in [0, 0.05) is 26.9 Å². The number of phenolic OH excluding ortho intramolecular Hbond substituents is 1. The number of carbonyl (C=O) groups is 3. The van der Waals surface area contributed by atoms with E-state index >= 15 is 0 Å². The highest BCUT2D eigenvalue weighted by Gasteiger charge is 2.38. The van der Waals surface area contributed by atoms with Crippen molar-refractivity contribution in [2.24, 2.45) is 0 Å². The van der Waals surface area contributed by atoms with Crippen LogP contribution in [0.3, 0.4) is 0 Å². The maximum absolute atomic E-state index is 13.2. The van der Waals surface area contributed by atoms with E-state index in [1.54, 1.807) is 19.1 Å². The van der Waals surface area contributed by atoms with Crippen LogP contribution in [-0.2, 0) is 4.74 Å². The normalized spacial score (nSPS) is 12.7. The summed E-state index contributed by atoms with van der Waals surface area (Å²) in [5.41, 5.74) is -0.303. The molecule has 0 amide bonds. The Hall–Kier alpha value is -2.89. The first-order chi connectivity index (χ1) is 13.4. The lowest BCUT2D eigenvalue weighted by Gasteiger charge is -2.23. The molecule has 1 N–H and O–H groups in total. The molecule has 0 atom stereocenters. The molecule has 0 radical (unpaired) electrons. The Morgan fingerprint density at radius 3 is 2.25 bits per heavy atom. The van der Waals surface area contributed by atoms with Crippen LogP contribution in [0.25, 0.3) is 10.8 Å². The number of fused-ring (bicyclic) bond motifs is 3. The lowest BCUT2D eigenvalue weighted by molar-refractivity contribution is 0.0526. The first-order valence-corrected chi connectivity index (χ1v) is 9.15. The van der Waals surface area contributed by atoms with Gasteiger partial charge in [0.25, 0.3) is 0 Å². The molecule has 0 aromatic heterocycles. The molecular weight excluding hydrogens is 403 g/mol. The van der Waals surface area contributed by atoms with Crippen LogP contribution in [0.4, 0.5) is 0 Å². The highest BCUT2D eigenvalue weighted by molar-refractivity contribution is 6.42. The van der Waals surface area contributed by atoms with Crippen molar-refractivity contribution in [2.45, 2.75) is 6.92 Å². The zero-order valence-electron chi connectivity index (χ0n) is 14.5. The first kappa shape index (κ1) is 18.5. The van der Waals surface area contributed by atoms with Crippen molar-refractivity contribution in [3.8, 4) is 5.75 Å². The summed E-state index contributed by atoms with van der Waals surface area (Å²) < 4.78 is 5.12. The van der Waals surface area contributed by atoms with E-state index < -0.39 is 23.3 Å². The van der Waals surface area contributed by atoms with E-state index in [0.717, 1.165) is 0 Å². The number of esters is 1. The SMILES string of the molecule is CCOC(=O)c1c2c(c(O)c3c(Cl)cc(Cl)cc13)C(=O)c1ccccc1C2=O. The standard InChI is InChI=1S/C21H12Cl2O5/c1-2-28-21(27)15-12-7-9(22)8-13(23)14(12)20(26)17-16(15)18(24)10-5-3-4-6-11(10)19(17)25/h3-8,26H,2H2,1H3. The lowest BCUT2D eigenvalue weighted by atomic mass is 9.79. The summed E-state index contributed by atoms with van der Waals surface area (Å²) in [6.45, 7) is 1.68. The number of hydrogen-bond acceptors (Lipinski definition) is 5. The van der Waals surface area contributed by atoms with Gasteiger partial charge in [0.2, 0.25) is 0 Å². The molecule has 5 nitrogen and oxygen atoms in total. The van der Waals surface area contributed by atoms with Crippen LogP contribution in [0, 0.1) is 0 Å². The quantitative estimate of drug-likeness (QED) is 0.476. The third-order valence-electron chi connectivity index (χ3n) is 4.65. The summed E-state index contributed by atoms with van der Waals surface area (Å²) in [7, 11) is 0. The van der Waals surface area contributed by atoms with Gasteiger partial charge in [-0.1, -0.05) is 47.5 Å². The van der Waals surface area contributed by atoms with Crippen molar-refractivity contribution in [1.29, 1.82) is 0 Å². The molecule has 0 saturated heterocycles. The van der Waals surface area contributed by atoms with Gasteiger partial charge < -0.3 is 9.84 Å². The third-order valence-corrected chi connectivity index (χ3v) is 5.16. The van der Waals surface area contributed by atoms with Gasteiger partial charge in [-0.2, -0.15) is 0 Å². The highest BCUT2D eigenvalue weighted by Crippen LogP contribution is 2.44. The minimum atomic E-state index is -0.803. The van der Waals surface area contributed by atoms with Gasteiger partial charge in [0.05, 0.1) is 28.3 Å². The van der Waals surface area contributed by atoms with Gasteiger partial charge in [-0.05, 0) is 19.1 Å². The number of hydrogen-bond donors (Lipinski definition) is 1. The lowest BCUT2D eigenvalue weighted by Crippen LogP contribution is -2.25. The molecule has 0 unspecified atom stereocenters. The molecule has 0 saturated carbocycles. The molecule has 0 spiro atoms. The number of rotatable bonds is 2. The Kier molecular flexibility index (Phi) is 4.37. The van der Waals surface area contributed by atoms with E-state index in [-0.39, 0.29) is 55.2 Å². The molecule has 7 heteroatoms. The summed E-state index contributed by atoms with van der Waals surface area (Å²) in [4.78, 5) is 39.1. The molecule has 140 valence electrons. The Balaban J connectivity index is 2.22. The van der Waals surface area contributed by atoms with Crippen molar-refractivity contribution in [3.05, 3.63) is 74.3 Å². The first-order valence-electron chi connectivity index (χ1n) is 8.40. The van der Waals surface area contributed by atoms with Crippen LogP contribution < -0.4 is 0 Å². The minimum absolute atomic E-state index is 0.0486. The fraction of sp³-hybridized carbons (Fsp3) is 0.0952. The summed E-state index contributed by atoms with van der Waals surface area (Å²) in [6, 6.07) is 9.03. The van der Waals surface area contributed by atoms with Crippen LogP contribution in [0.1, 0.15) is 49.1 Å². The van der Waals surface area contributed by atoms with Crippen LogP contribution in [0.15, 0.2) is 36.4 Å². The number of benzene rings is 3. The van der Waals surface area contributed by atoms with E-state index in [2.05, 4.69) is 0 Å². The summed E-state index contributed by atoms with van der Waals surface area (Å²) in [5.74, 6) is -2.39. The molecule has 0 bridgehead atoms. The van der Waals surface area contributed by atoms with Crippen LogP contribution in [-0.4, -0.2) is 29.2 Å². The maximum atomic E-state index is 13.2. The number of aromatic hydroxyl groups is 1. The number of ether oxygens (including phenoxy) is 1. The molecule has 1 aliphatic carbocycles. The van der Waals surface area contributed by atoms with Gasteiger partial charge in [-0.3, -0.25) is 9.59 Å². The van der Waals surface area contributed by atoms with E-state index in [9.17, 15) is 19.5 Å². The fourth-order valence-electron chi connectivity index (χ4n) is 3.53. The van der Waals surface area contributed by atoms with Crippen molar-refractivity contribution < 1.29 is 24.2 Å². The molecular formula is C21H12Cl2O5. The van der Waals surface area contributed by atoms with Crippen molar-refractivity contribution >= 4 is 51.5 Å². The summed E-state index contributed by atoms with van der Waals surface area (Å²) >= 11 is 12.3. The number of ketones is 2. The molecule has 1 aliphatic rings. The van der Waals surface area contributed by atoms with E-state index in [0.29, 0.717) is 0 Å². The molecule has 0 aliphatic heterocycles. The van der Waals surface area contributed by atoms with Crippen molar-refractivity contribution in [1.82, 2.24) is 0 Å². The minimum Gasteiger partial charge on any atom is -0.506 e. The van der Waals surface area contributed by atoms with E-state index in [1.165, 1.54) is 24.3 Å². The zero-order valence-corrected chi connectivity index (χ0v) is 16.0. The number of halogens is 2. The Morgan fingerprint density at radius 2 is 1.64 bits per heavy atom. The average Bonchev–Trinajstić information content (AvgIpc) is 2.65. The van der Waals surface area contributed by atoms with Gasteiger partial charge in [0.1, 0.15) is 5.75 Å². The van der Waals surface area contributed by atoms with Gasteiger partial charge in [0.15, 0.2) is 11.6 Å². The van der Waals surface area contributed by atoms with Crippen molar-refractivity contribution in [3.63, 3.8) is 0 Å². The van der Waals surface area contributed by atoms with E-state index in [1.807, 2.05) is 0 Å². The van der Waals surface area contributed by atoms with Gasteiger partial charge in [-0.25, -0.2) is 4.79 Å². The topological polar surface area (TPSA) is 80.7 Å². The van der Waals surface area contributed by atoms with Crippen LogP contribution in [0.2, 0.25) is 10.0 Å². The van der Waals surface area contributed by atoms with Gasteiger partial charge in [-0.15, -0.1) is 0 Å². The van der Waals surface area contributed by atoms with Gasteiger partial charge >= 0.3 is 5.97 Å². The second kappa shape index (κ2) is 6.62. The Morgan fingerprint density at radius 1 is 1.04 bits per heavy atom. The van der Waals surface area contributed by atoms with Crippen molar-refractivity contribution in [2.75, 3.05) is 6.61 Å². The molecule has 3 aromatic carbocycles. The second-order valence-electron chi connectivity index (χ2n) is 6.21. The smallest absolute Gasteiger partial charge is 0.339 e. The summed E-state index contributed by atoms with van der Waals surface area (Å²) in [6.07, 6.45) is 0. The van der Waals surface area contributed by atoms with Crippen LogP contribution >= 0.6 is 23.2 Å². The molecule has 28 heavy (non-hydrogen) atoms. The largest absolute Gasteiger partial charge is 0.506 e. The maximum Gasteiger partial charge on any atom is 0.339 e. The Bertz CT molecular complexity index is 1210. The third kappa shape index (κ3) is 2.51. The molecule has 0 heterocycles. The fourth-order valence-corrected chi connectivity index (χ4v) is 4.11.